The van der Waals surface area contributed by atoms with Gasteiger partial charge in [-0.25, -0.2) is 0 Å². The minimum Gasteiger partial charge on any atom is -0.314 e. The fraction of sp³-hybridized carbons (Fsp3) is 1.00. The van der Waals surface area contributed by atoms with Crippen LogP contribution in [0.5, 0.6) is 0 Å². The molecule has 2 rings (SSSR count). The van der Waals surface area contributed by atoms with E-state index in [-0.39, 0.29) is 0 Å². The summed E-state index contributed by atoms with van der Waals surface area (Å²) >= 11 is 0. The Labute approximate surface area is 127 Å². The highest BCUT2D eigenvalue weighted by Crippen LogP contribution is 2.35. The predicted molar refractivity (Wildman–Crippen MR) is 89.2 cm³/mol. The maximum Gasteiger partial charge on any atom is 0.00991 e. The highest BCUT2D eigenvalue weighted by Gasteiger charge is 2.35. The average Bonchev–Trinajstić information content (AvgIpc) is 3.20. The molecule has 0 bridgehead atoms. The van der Waals surface area contributed by atoms with Crippen LogP contribution in [0.15, 0.2) is 0 Å². The van der Waals surface area contributed by atoms with E-state index in [1.54, 1.807) is 0 Å². The molecule has 1 saturated carbocycles. The first-order valence-electron chi connectivity index (χ1n) is 9.70. The van der Waals surface area contributed by atoms with Gasteiger partial charge in [0.2, 0.25) is 0 Å². The molecule has 20 heavy (non-hydrogen) atoms. The lowest BCUT2D eigenvalue weighted by atomic mass is 10.0. The van der Waals surface area contributed by atoms with Crippen LogP contribution in [-0.2, 0) is 0 Å². The van der Waals surface area contributed by atoms with E-state index in [1.165, 1.54) is 109 Å². The minimum atomic E-state index is 0.900. The van der Waals surface area contributed by atoms with Crippen molar-refractivity contribution >= 4 is 0 Å². The van der Waals surface area contributed by atoms with E-state index >= 15 is 0 Å². The van der Waals surface area contributed by atoms with Crippen molar-refractivity contribution in [3.05, 3.63) is 0 Å². The first-order valence-corrected chi connectivity index (χ1v) is 9.70. The number of fused-ring (bicyclic) bond motifs is 1. The minimum absolute atomic E-state index is 0.900. The van der Waals surface area contributed by atoms with Crippen molar-refractivity contribution in [2.24, 2.45) is 5.92 Å². The molecule has 1 aliphatic carbocycles. The molecular formula is C19H37N. The van der Waals surface area contributed by atoms with E-state index < -0.39 is 0 Å². The van der Waals surface area contributed by atoms with Crippen LogP contribution in [0, 0.1) is 5.92 Å². The molecule has 2 aliphatic rings. The maximum absolute atomic E-state index is 3.77. The molecule has 2 fully saturated rings. The van der Waals surface area contributed by atoms with Crippen LogP contribution in [-0.4, -0.2) is 12.6 Å². The van der Waals surface area contributed by atoms with Gasteiger partial charge in [0.05, 0.1) is 0 Å². The fourth-order valence-corrected chi connectivity index (χ4v) is 3.76. The first-order chi connectivity index (χ1) is 9.97. The zero-order valence-electron chi connectivity index (χ0n) is 13.7. The van der Waals surface area contributed by atoms with Crippen molar-refractivity contribution < 1.29 is 0 Å². The lowest BCUT2D eigenvalue weighted by Gasteiger charge is -2.04. The Bertz CT molecular complexity index is 204. The molecule has 1 nitrogen and oxygen atoms in total. The molecule has 0 amide bonds. The summed E-state index contributed by atoms with van der Waals surface area (Å²) in [6.45, 7) is 1.28. The average molecular weight is 280 g/mol. The van der Waals surface area contributed by atoms with Gasteiger partial charge in [0, 0.05) is 6.04 Å². The summed E-state index contributed by atoms with van der Waals surface area (Å²) in [5.74, 6) is 1.04. The number of rotatable bonds is 0. The Morgan fingerprint density at radius 1 is 0.500 bits per heavy atom. The molecule has 2 atom stereocenters. The van der Waals surface area contributed by atoms with Crippen molar-refractivity contribution in [1.29, 1.82) is 0 Å². The van der Waals surface area contributed by atoms with E-state index in [9.17, 15) is 0 Å². The smallest absolute Gasteiger partial charge is 0.00991 e. The van der Waals surface area contributed by atoms with Crippen LogP contribution in [0.4, 0.5) is 0 Å². The van der Waals surface area contributed by atoms with Crippen molar-refractivity contribution in [2.75, 3.05) is 6.54 Å². The second kappa shape index (κ2) is 10.7. The Balaban J connectivity index is 1.54. The monoisotopic (exact) mass is 279 g/mol. The molecule has 1 unspecified atom stereocenters. The summed E-state index contributed by atoms with van der Waals surface area (Å²) in [5, 5.41) is 3.77. The molecule has 1 heterocycles. The van der Waals surface area contributed by atoms with Gasteiger partial charge in [0.1, 0.15) is 0 Å². The lowest BCUT2D eigenvalue weighted by Crippen LogP contribution is -2.19. The van der Waals surface area contributed by atoms with Gasteiger partial charge >= 0.3 is 0 Å². The number of hydrogen-bond acceptors (Lipinski definition) is 1. The summed E-state index contributed by atoms with van der Waals surface area (Å²) in [6, 6.07) is 0.900. The summed E-state index contributed by atoms with van der Waals surface area (Å²) in [5.41, 5.74) is 0. The summed E-state index contributed by atoms with van der Waals surface area (Å²) in [6.07, 6.45) is 23.7. The molecule has 0 radical (unpaired) electrons. The summed E-state index contributed by atoms with van der Waals surface area (Å²) in [7, 11) is 0. The highest BCUT2D eigenvalue weighted by atomic mass is 15.0. The van der Waals surface area contributed by atoms with Crippen LogP contribution >= 0.6 is 0 Å². The standard InChI is InChI=1S/C19H37N/c1-2-4-6-8-10-12-14-16-20-19-17-18(19)15-13-11-9-7-5-3-1/h18-20H,1-17H2/t18-,19?/m0/s1. The van der Waals surface area contributed by atoms with Crippen LogP contribution < -0.4 is 5.32 Å². The molecule has 0 aromatic heterocycles. The molecule has 1 saturated heterocycles. The maximum atomic E-state index is 3.77. The van der Waals surface area contributed by atoms with Gasteiger partial charge in [-0.1, -0.05) is 83.5 Å². The van der Waals surface area contributed by atoms with E-state index in [4.69, 9.17) is 0 Å². The van der Waals surface area contributed by atoms with Gasteiger partial charge in [-0.2, -0.15) is 0 Å². The second-order valence-electron chi connectivity index (χ2n) is 7.29. The number of hydrogen-bond donors (Lipinski definition) is 1. The molecule has 0 aromatic carbocycles. The topological polar surface area (TPSA) is 12.0 Å². The van der Waals surface area contributed by atoms with Crippen LogP contribution in [0.2, 0.25) is 0 Å². The lowest BCUT2D eigenvalue weighted by molar-refractivity contribution is 0.527. The fourth-order valence-electron chi connectivity index (χ4n) is 3.76. The molecule has 1 heteroatoms. The summed E-state index contributed by atoms with van der Waals surface area (Å²) < 4.78 is 0. The third kappa shape index (κ3) is 7.67. The van der Waals surface area contributed by atoms with E-state index in [2.05, 4.69) is 5.32 Å². The van der Waals surface area contributed by atoms with Crippen LogP contribution in [0.3, 0.4) is 0 Å². The van der Waals surface area contributed by atoms with Crippen molar-refractivity contribution in [3.63, 3.8) is 0 Å². The normalized spacial score (nSPS) is 32.4. The second-order valence-corrected chi connectivity index (χ2v) is 7.29. The SMILES string of the molecule is C1CCCCCCCC[C@H]2CC2NCCCCCCC1. The van der Waals surface area contributed by atoms with Gasteiger partial charge in [-0.05, 0) is 31.7 Å². The largest absolute Gasteiger partial charge is 0.314 e. The quantitative estimate of drug-likeness (QED) is 0.588. The van der Waals surface area contributed by atoms with Crippen LogP contribution in [0.25, 0.3) is 0 Å². The molecule has 1 aliphatic heterocycles. The van der Waals surface area contributed by atoms with E-state index in [0.717, 1.165) is 12.0 Å². The molecule has 0 spiro atoms. The molecular weight excluding hydrogens is 242 g/mol. The van der Waals surface area contributed by atoms with Crippen molar-refractivity contribution in [1.82, 2.24) is 5.32 Å². The van der Waals surface area contributed by atoms with Crippen molar-refractivity contribution in [2.45, 2.75) is 109 Å². The zero-order chi connectivity index (χ0) is 13.9. The Kier molecular flexibility index (Phi) is 8.70. The molecule has 0 aromatic rings. The Morgan fingerprint density at radius 2 is 0.950 bits per heavy atom. The predicted octanol–water partition coefficient (Wildman–Crippen LogP) is 5.83. The van der Waals surface area contributed by atoms with E-state index in [1.807, 2.05) is 0 Å². The molecule has 118 valence electrons. The Morgan fingerprint density at radius 3 is 1.50 bits per heavy atom. The zero-order valence-corrected chi connectivity index (χ0v) is 13.7. The highest BCUT2D eigenvalue weighted by molar-refractivity contribution is 4.92. The van der Waals surface area contributed by atoms with Crippen molar-refractivity contribution in [3.8, 4) is 0 Å². The van der Waals surface area contributed by atoms with Gasteiger partial charge in [0.15, 0.2) is 0 Å². The molecule has 1 N–H and O–H groups in total. The first kappa shape index (κ1) is 16.3. The van der Waals surface area contributed by atoms with Gasteiger partial charge in [-0.3, -0.25) is 0 Å². The summed E-state index contributed by atoms with van der Waals surface area (Å²) in [4.78, 5) is 0. The Hall–Kier alpha value is -0.0400. The third-order valence-corrected chi connectivity index (χ3v) is 5.33. The van der Waals surface area contributed by atoms with E-state index in [0.29, 0.717) is 0 Å². The van der Waals surface area contributed by atoms with Gasteiger partial charge in [-0.15, -0.1) is 0 Å². The van der Waals surface area contributed by atoms with Gasteiger partial charge in [0.25, 0.3) is 0 Å². The van der Waals surface area contributed by atoms with Gasteiger partial charge < -0.3 is 5.32 Å². The number of nitrogens with one attached hydrogen (secondary N) is 1. The third-order valence-electron chi connectivity index (χ3n) is 5.33. The van der Waals surface area contributed by atoms with Crippen LogP contribution in [0.1, 0.15) is 103 Å².